The molecule has 0 aliphatic carbocycles. The minimum atomic E-state index is -3.62. The zero-order valence-corrected chi connectivity index (χ0v) is 17.1. The van der Waals surface area contributed by atoms with Gasteiger partial charge in [0.2, 0.25) is 10.0 Å². The number of carbonyl (C=O) groups excluding carboxylic acids is 2. The van der Waals surface area contributed by atoms with Gasteiger partial charge in [-0.05, 0) is 25.1 Å². The molecule has 0 spiro atoms. The molecule has 29 heavy (non-hydrogen) atoms. The number of fused-ring (bicyclic) bond motifs is 1. The van der Waals surface area contributed by atoms with Crippen molar-refractivity contribution in [2.45, 2.75) is 30.8 Å². The van der Waals surface area contributed by atoms with Gasteiger partial charge in [-0.15, -0.1) is 0 Å². The van der Waals surface area contributed by atoms with Gasteiger partial charge in [0, 0.05) is 26.6 Å². The highest BCUT2D eigenvalue weighted by Crippen LogP contribution is 2.23. The number of hydrogen-bond acceptors (Lipinski definition) is 7. The van der Waals surface area contributed by atoms with Crippen molar-refractivity contribution < 1.29 is 27.5 Å². The molecule has 11 heteroatoms. The number of morpholine rings is 1. The van der Waals surface area contributed by atoms with Crippen LogP contribution in [-0.4, -0.2) is 66.6 Å². The molecule has 0 unspecified atom stereocenters. The Morgan fingerprint density at radius 2 is 2.00 bits per heavy atom. The number of nitrogens with two attached hydrogens (primary N) is 1. The van der Waals surface area contributed by atoms with E-state index in [2.05, 4.69) is 4.98 Å². The van der Waals surface area contributed by atoms with Gasteiger partial charge in [-0.2, -0.15) is 4.31 Å². The van der Waals surface area contributed by atoms with Crippen LogP contribution in [0, 0.1) is 0 Å². The normalized spacial score (nSPS) is 16.6. The number of benzene rings is 1. The van der Waals surface area contributed by atoms with Crippen molar-refractivity contribution in [3.63, 3.8) is 0 Å². The predicted octanol–water partition coefficient (Wildman–Crippen LogP) is -0.0562. The second-order valence-corrected chi connectivity index (χ2v) is 8.73. The third-order valence-electron chi connectivity index (χ3n) is 4.81. The predicted molar refractivity (Wildman–Crippen MR) is 103 cm³/mol. The fourth-order valence-corrected chi connectivity index (χ4v) is 4.51. The van der Waals surface area contributed by atoms with Crippen LogP contribution in [0.25, 0.3) is 11.0 Å². The second kappa shape index (κ2) is 8.47. The number of carbonyl (C=O) groups is 2. The molecule has 1 aliphatic rings. The molecule has 10 nitrogen and oxygen atoms in total. The zero-order valence-electron chi connectivity index (χ0n) is 16.3. The molecule has 1 saturated heterocycles. The van der Waals surface area contributed by atoms with Crippen molar-refractivity contribution in [3.8, 4) is 0 Å². The highest BCUT2D eigenvalue weighted by molar-refractivity contribution is 7.89. The average molecular weight is 424 g/mol. The molecule has 2 heterocycles. The van der Waals surface area contributed by atoms with E-state index in [-0.39, 0.29) is 17.7 Å². The minimum absolute atomic E-state index is 0.0215. The number of nitrogens with zero attached hydrogens (tertiary/aromatic N) is 3. The quantitative estimate of drug-likeness (QED) is 0.616. The molecule has 0 bridgehead atoms. The zero-order chi connectivity index (χ0) is 21.2. The van der Waals surface area contributed by atoms with Crippen LogP contribution in [0.1, 0.15) is 19.2 Å². The summed E-state index contributed by atoms with van der Waals surface area (Å²) in [5, 5.41) is 0. The summed E-state index contributed by atoms with van der Waals surface area (Å²) >= 11 is 0. The standard InChI is InChI=1S/C18H24N4O6S/c1-12(18(19)24)28-17(23)6-5-16-20-14-11-13(3-4-15(14)21(16)2)29(25,26)22-7-9-27-10-8-22/h3-4,11-12H,5-10H2,1-2H3,(H2,19,24)/t12-/m0/s1. The van der Waals surface area contributed by atoms with Gasteiger partial charge < -0.3 is 19.8 Å². The Morgan fingerprint density at radius 3 is 2.66 bits per heavy atom. The minimum Gasteiger partial charge on any atom is -0.453 e. The SMILES string of the molecule is C[C@H](OC(=O)CCc1nc2cc(S(=O)(=O)N3CCOCC3)ccc2n1C)C(N)=O. The van der Waals surface area contributed by atoms with Crippen molar-refractivity contribution in [1.82, 2.24) is 13.9 Å². The van der Waals surface area contributed by atoms with E-state index in [0.717, 1.165) is 5.52 Å². The summed E-state index contributed by atoms with van der Waals surface area (Å²) in [5.74, 6) is -0.668. The Hall–Kier alpha value is -2.50. The molecule has 1 aromatic carbocycles. The van der Waals surface area contributed by atoms with E-state index in [1.807, 2.05) is 0 Å². The summed E-state index contributed by atoms with van der Waals surface area (Å²) in [7, 11) is -1.83. The monoisotopic (exact) mass is 424 g/mol. The number of sulfonamides is 1. The maximum absolute atomic E-state index is 12.8. The molecular weight excluding hydrogens is 400 g/mol. The molecule has 1 fully saturated rings. The lowest BCUT2D eigenvalue weighted by Gasteiger charge is -2.26. The van der Waals surface area contributed by atoms with E-state index in [9.17, 15) is 18.0 Å². The largest absolute Gasteiger partial charge is 0.453 e. The van der Waals surface area contributed by atoms with Crippen LogP contribution in [-0.2, 0) is 42.6 Å². The lowest BCUT2D eigenvalue weighted by atomic mass is 10.3. The number of esters is 1. The van der Waals surface area contributed by atoms with Crippen LogP contribution in [0.5, 0.6) is 0 Å². The molecule has 1 amide bonds. The first-order valence-electron chi connectivity index (χ1n) is 9.22. The van der Waals surface area contributed by atoms with Gasteiger partial charge in [0.1, 0.15) is 5.82 Å². The van der Waals surface area contributed by atoms with E-state index < -0.39 is 28.0 Å². The Bertz CT molecular complexity index is 1030. The van der Waals surface area contributed by atoms with Crippen molar-refractivity contribution >= 4 is 32.9 Å². The average Bonchev–Trinajstić information content (AvgIpc) is 3.02. The van der Waals surface area contributed by atoms with Crippen LogP contribution < -0.4 is 5.73 Å². The molecule has 0 radical (unpaired) electrons. The van der Waals surface area contributed by atoms with Gasteiger partial charge in [0.15, 0.2) is 6.10 Å². The Morgan fingerprint density at radius 1 is 1.31 bits per heavy atom. The van der Waals surface area contributed by atoms with Gasteiger partial charge in [-0.25, -0.2) is 13.4 Å². The molecular formula is C18H24N4O6S. The molecule has 1 aliphatic heterocycles. The molecule has 2 aromatic rings. The summed E-state index contributed by atoms with van der Waals surface area (Å²) in [5.41, 5.74) is 6.35. The van der Waals surface area contributed by atoms with Crippen LogP contribution in [0.2, 0.25) is 0 Å². The van der Waals surface area contributed by atoms with Gasteiger partial charge >= 0.3 is 5.97 Å². The molecule has 1 atom stereocenters. The number of primary amides is 1. The Labute approximate surface area is 168 Å². The third-order valence-corrected chi connectivity index (χ3v) is 6.71. The summed E-state index contributed by atoms with van der Waals surface area (Å²) < 4.78 is 39.0. The van der Waals surface area contributed by atoms with Gasteiger partial charge in [0.05, 0.1) is 35.6 Å². The highest BCUT2D eigenvalue weighted by atomic mass is 32.2. The van der Waals surface area contributed by atoms with Crippen molar-refractivity contribution in [1.29, 1.82) is 0 Å². The van der Waals surface area contributed by atoms with Crippen LogP contribution in [0.3, 0.4) is 0 Å². The maximum Gasteiger partial charge on any atom is 0.307 e. The van der Waals surface area contributed by atoms with E-state index >= 15 is 0 Å². The number of hydrogen-bond donors (Lipinski definition) is 1. The summed E-state index contributed by atoms with van der Waals surface area (Å²) in [4.78, 5) is 27.5. The van der Waals surface area contributed by atoms with Crippen molar-refractivity contribution in [2.75, 3.05) is 26.3 Å². The smallest absolute Gasteiger partial charge is 0.307 e. The third kappa shape index (κ3) is 4.57. The molecule has 2 N–H and O–H groups in total. The Balaban J connectivity index is 1.77. The maximum atomic E-state index is 12.8. The van der Waals surface area contributed by atoms with E-state index in [4.69, 9.17) is 15.2 Å². The fourth-order valence-electron chi connectivity index (χ4n) is 3.08. The summed E-state index contributed by atoms with van der Waals surface area (Å²) in [6.45, 7) is 2.80. The first-order valence-corrected chi connectivity index (χ1v) is 10.7. The van der Waals surface area contributed by atoms with Gasteiger partial charge in [-0.1, -0.05) is 0 Å². The van der Waals surface area contributed by atoms with Crippen molar-refractivity contribution in [2.24, 2.45) is 12.8 Å². The fraction of sp³-hybridized carbons (Fsp3) is 0.500. The first kappa shape index (κ1) is 21.2. The second-order valence-electron chi connectivity index (χ2n) is 6.79. The number of aryl methyl sites for hydroxylation is 2. The number of aromatic nitrogens is 2. The first-order chi connectivity index (χ1) is 13.7. The number of ether oxygens (including phenoxy) is 2. The molecule has 0 saturated carbocycles. The van der Waals surface area contributed by atoms with Crippen LogP contribution in [0.4, 0.5) is 0 Å². The summed E-state index contributed by atoms with van der Waals surface area (Å²) in [6.07, 6.45) is -0.690. The van der Waals surface area contributed by atoms with E-state index in [1.165, 1.54) is 17.3 Å². The van der Waals surface area contributed by atoms with Gasteiger partial charge in [-0.3, -0.25) is 9.59 Å². The highest BCUT2D eigenvalue weighted by Gasteiger charge is 2.27. The van der Waals surface area contributed by atoms with E-state index in [0.29, 0.717) is 37.6 Å². The van der Waals surface area contributed by atoms with Crippen LogP contribution >= 0.6 is 0 Å². The summed E-state index contributed by atoms with van der Waals surface area (Å²) in [6, 6.07) is 4.80. The number of amides is 1. The number of rotatable bonds is 7. The Kier molecular flexibility index (Phi) is 6.20. The molecule has 158 valence electrons. The number of imidazole rings is 1. The van der Waals surface area contributed by atoms with Crippen LogP contribution in [0.15, 0.2) is 23.1 Å². The lowest BCUT2D eigenvalue weighted by Crippen LogP contribution is -2.40. The van der Waals surface area contributed by atoms with Crippen molar-refractivity contribution in [3.05, 3.63) is 24.0 Å². The molecule has 3 rings (SSSR count). The lowest BCUT2D eigenvalue weighted by molar-refractivity contribution is -0.153. The topological polar surface area (TPSA) is 134 Å². The molecule has 1 aromatic heterocycles. The van der Waals surface area contributed by atoms with E-state index in [1.54, 1.807) is 23.7 Å². The van der Waals surface area contributed by atoms with Gasteiger partial charge in [0.25, 0.3) is 5.91 Å².